The van der Waals surface area contributed by atoms with E-state index >= 15 is 0 Å². The molecule has 0 aliphatic heterocycles. The maximum Gasteiger partial charge on any atom is 0.137 e. The summed E-state index contributed by atoms with van der Waals surface area (Å²) in [7, 11) is 0. The van der Waals surface area contributed by atoms with Crippen molar-refractivity contribution in [1.82, 2.24) is 19.9 Å². The first-order chi connectivity index (χ1) is 11.4. The molecule has 3 aromatic heterocycles. The SMILES string of the molecule is c1ccc(CCc2cc(-c3c[nH]c4ncccc34)ncn2)cc1. The molecule has 0 spiro atoms. The van der Waals surface area contributed by atoms with Crippen molar-refractivity contribution in [2.24, 2.45) is 0 Å². The van der Waals surface area contributed by atoms with Gasteiger partial charge in [0.1, 0.15) is 12.0 Å². The molecule has 0 unspecified atom stereocenters. The lowest BCUT2D eigenvalue weighted by Crippen LogP contribution is -1.96. The Kier molecular flexibility index (Phi) is 3.56. The van der Waals surface area contributed by atoms with Gasteiger partial charge in [0.05, 0.1) is 5.69 Å². The molecule has 112 valence electrons. The van der Waals surface area contributed by atoms with Crippen LogP contribution in [-0.4, -0.2) is 19.9 Å². The van der Waals surface area contributed by atoms with Gasteiger partial charge in [-0.25, -0.2) is 15.0 Å². The van der Waals surface area contributed by atoms with Crippen LogP contribution in [0.25, 0.3) is 22.3 Å². The van der Waals surface area contributed by atoms with Gasteiger partial charge in [-0.3, -0.25) is 0 Å². The molecule has 4 nitrogen and oxygen atoms in total. The minimum atomic E-state index is 0.881. The molecule has 1 aromatic carbocycles. The average Bonchev–Trinajstić information content (AvgIpc) is 3.05. The first-order valence-corrected chi connectivity index (χ1v) is 7.67. The minimum Gasteiger partial charge on any atom is -0.345 e. The highest BCUT2D eigenvalue weighted by Crippen LogP contribution is 2.26. The molecule has 0 bridgehead atoms. The number of benzene rings is 1. The monoisotopic (exact) mass is 300 g/mol. The Balaban J connectivity index is 1.61. The van der Waals surface area contributed by atoms with Gasteiger partial charge in [0, 0.05) is 29.0 Å². The van der Waals surface area contributed by atoms with E-state index in [0.29, 0.717) is 0 Å². The zero-order valence-corrected chi connectivity index (χ0v) is 12.6. The number of fused-ring (bicyclic) bond motifs is 1. The topological polar surface area (TPSA) is 54.5 Å². The van der Waals surface area contributed by atoms with Crippen molar-refractivity contribution < 1.29 is 0 Å². The van der Waals surface area contributed by atoms with E-state index in [1.54, 1.807) is 12.5 Å². The predicted octanol–water partition coefficient (Wildman–Crippen LogP) is 3.81. The molecular weight excluding hydrogens is 284 g/mol. The molecule has 23 heavy (non-hydrogen) atoms. The van der Waals surface area contributed by atoms with E-state index in [9.17, 15) is 0 Å². The fourth-order valence-corrected chi connectivity index (χ4v) is 2.77. The van der Waals surface area contributed by atoms with E-state index in [0.717, 1.165) is 40.8 Å². The number of hydrogen-bond donors (Lipinski definition) is 1. The van der Waals surface area contributed by atoms with Crippen LogP contribution in [0.3, 0.4) is 0 Å². The summed E-state index contributed by atoms with van der Waals surface area (Å²) >= 11 is 0. The summed E-state index contributed by atoms with van der Waals surface area (Å²) < 4.78 is 0. The molecule has 0 atom stereocenters. The zero-order valence-electron chi connectivity index (χ0n) is 12.6. The van der Waals surface area contributed by atoms with Gasteiger partial charge in [0.15, 0.2) is 0 Å². The highest BCUT2D eigenvalue weighted by Gasteiger charge is 2.08. The van der Waals surface area contributed by atoms with Crippen LogP contribution in [-0.2, 0) is 12.8 Å². The standard InChI is InChI=1S/C19H16N4/c1-2-5-14(6-3-1)8-9-15-11-18(23-13-22-15)17-12-21-19-16(17)7-4-10-20-19/h1-7,10-13H,8-9H2,(H,20,21). The van der Waals surface area contributed by atoms with Gasteiger partial charge in [-0.1, -0.05) is 30.3 Å². The van der Waals surface area contributed by atoms with E-state index in [2.05, 4.69) is 56.3 Å². The lowest BCUT2D eigenvalue weighted by Gasteiger charge is -2.04. The van der Waals surface area contributed by atoms with Gasteiger partial charge in [-0.15, -0.1) is 0 Å². The molecule has 0 amide bonds. The molecule has 1 N–H and O–H groups in total. The first kappa shape index (κ1) is 13.6. The minimum absolute atomic E-state index is 0.881. The number of nitrogens with one attached hydrogen (secondary N) is 1. The Morgan fingerprint density at radius 3 is 2.70 bits per heavy atom. The molecule has 3 heterocycles. The van der Waals surface area contributed by atoms with Gasteiger partial charge in [0.2, 0.25) is 0 Å². The Morgan fingerprint density at radius 1 is 0.870 bits per heavy atom. The normalized spacial score (nSPS) is 11.0. The number of aromatic amines is 1. The second-order valence-corrected chi connectivity index (χ2v) is 5.48. The smallest absolute Gasteiger partial charge is 0.137 e. The number of pyridine rings is 1. The Bertz CT molecular complexity index is 928. The lowest BCUT2D eigenvalue weighted by molar-refractivity contribution is 0.902. The molecular formula is C19H16N4. The van der Waals surface area contributed by atoms with Crippen LogP contribution >= 0.6 is 0 Å². The summed E-state index contributed by atoms with van der Waals surface area (Å²) in [6.07, 6.45) is 7.27. The highest BCUT2D eigenvalue weighted by molar-refractivity contribution is 5.92. The van der Waals surface area contributed by atoms with Crippen LogP contribution in [0.15, 0.2) is 67.3 Å². The van der Waals surface area contributed by atoms with Crippen molar-refractivity contribution in [3.05, 3.63) is 78.5 Å². The van der Waals surface area contributed by atoms with E-state index in [-0.39, 0.29) is 0 Å². The van der Waals surface area contributed by atoms with Gasteiger partial charge >= 0.3 is 0 Å². The fourth-order valence-electron chi connectivity index (χ4n) is 2.77. The molecule has 4 aromatic rings. The van der Waals surface area contributed by atoms with Crippen molar-refractivity contribution in [3.63, 3.8) is 0 Å². The maximum atomic E-state index is 4.43. The largest absolute Gasteiger partial charge is 0.345 e. The lowest BCUT2D eigenvalue weighted by atomic mass is 10.1. The van der Waals surface area contributed by atoms with Crippen molar-refractivity contribution in [1.29, 1.82) is 0 Å². The molecule has 0 radical (unpaired) electrons. The molecule has 0 saturated carbocycles. The molecule has 0 aliphatic carbocycles. The predicted molar refractivity (Wildman–Crippen MR) is 91.0 cm³/mol. The van der Waals surface area contributed by atoms with Crippen LogP contribution in [0.5, 0.6) is 0 Å². The second kappa shape index (κ2) is 6.01. The Hall–Kier alpha value is -3.01. The summed E-state index contributed by atoms with van der Waals surface area (Å²) in [5.41, 5.74) is 5.26. The molecule has 4 rings (SSSR count). The number of hydrogen-bond acceptors (Lipinski definition) is 3. The van der Waals surface area contributed by atoms with Crippen molar-refractivity contribution >= 4 is 11.0 Å². The molecule has 0 fully saturated rings. The molecule has 0 saturated heterocycles. The van der Waals surface area contributed by atoms with Gasteiger partial charge in [0.25, 0.3) is 0 Å². The first-order valence-electron chi connectivity index (χ1n) is 7.67. The van der Waals surface area contributed by atoms with Crippen molar-refractivity contribution in [2.75, 3.05) is 0 Å². The summed E-state index contributed by atoms with van der Waals surface area (Å²) in [6.45, 7) is 0. The quantitative estimate of drug-likeness (QED) is 0.623. The number of aromatic nitrogens is 4. The van der Waals surface area contributed by atoms with Crippen LogP contribution in [0.1, 0.15) is 11.3 Å². The van der Waals surface area contributed by atoms with Crippen molar-refractivity contribution in [2.45, 2.75) is 12.8 Å². The average molecular weight is 300 g/mol. The van der Waals surface area contributed by atoms with E-state index in [4.69, 9.17) is 0 Å². The zero-order chi connectivity index (χ0) is 15.5. The van der Waals surface area contributed by atoms with Crippen LogP contribution in [0.2, 0.25) is 0 Å². The summed E-state index contributed by atoms with van der Waals surface area (Å²) in [5.74, 6) is 0. The summed E-state index contributed by atoms with van der Waals surface area (Å²) in [5, 5.41) is 1.08. The third kappa shape index (κ3) is 2.83. The van der Waals surface area contributed by atoms with Gasteiger partial charge < -0.3 is 4.98 Å². The third-order valence-corrected chi connectivity index (χ3v) is 3.96. The Morgan fingerprint density at radius 2 is 1.78 bits per heavy atom. The van der Waals surface area contributed by atoms with E-state index in [1.807, 2.05) is 18.3 Å². The van der Waals surface area contributed by atoms with Crippen LogP contribution in [0, 0.1) is 0 Å². The molecule has 0 aliphatic rings. The maximum absolute atomic E-state index is 4.43. The number of nitrogens with zero attached hydrogens (tertiary/aromatic N) is 3. The van der Waals surface area contributed by atoms with Gasteiger partial charge in [-0.05, 0) is 36.6 Å². The summed E-state index contributed by atoms with van der Waals surface area (Å²) in [4.78, 5) is 16.4. The van der Waals surface area contributed by atoms with Crippen LogP contribution in [0.4, 0.5) is 0 Å². The van der Waals surface area contributed by atoms with Gasteiger partial charge in [-0.2, -0.15) is 0 Å². The third-order valence-electron chi connectivity index (χ3n) is 3.96. The van der Waals surface area contributed by atoms with E-state index < -0.39 is 0 Å². The number of rotatable bonds is 4. The highest BCUT2D eigenvalue weighted by atomic mass is 14.9. The number of H-pyrrole nitrogens is 1. The van der Waals surface area contributed by atoms with Crippen LogP contribution < -0.4 is 0 Å². The van der Waals surface area contributed by atoms with E-state index in [1.165, 1.54) is 5.56 Å². The second-order valence-electron chi connectivity index (χ2n) is 5.48. The van der Waals surface area contributed by atoms with Crippen molar-refractivity contribution in [3.8, 4) is 11.3 Å². The summed E-state index contributed by atoms with van der Waals surface area (Å²) in [6, 6.07) is 16.5. The Labute approximate surface area is 134 Å². The fraction of sp³-hybridized carbons (Fsp3) is 0.105. The molecule has 4 heteroatoms. The number of aryl methyl sites for hydroxylation is 2.